The molecule has 4 rings (SSSR count). The second-order valence-corrected chi connectivity index (χ2v) is 7.77. The molecule has 3 aromatic carbocycles. The summed E-state index contributed by atoms with van der Waals surface area (Å²) in [5, 5.41) is 1.21. The van der Waals surface area contributed by atoms with Crippen LogP contribution >= 0.6 is 23.2 Å². The number of nitrogens with zero attached hydrogens (tertiary/aromatic N) is 2. The Labute approximate surface area is 170 Å². The van der Waals surface area contributed by atoms with Gasteiger partial charge in [0.05, 0.1) is 16.2 Å². The summed E-state index contributed by atoms with van der Waals surface area (Å²) in [6.07, 6.45) is 0.181. The molecule has 0 N–H and O–H groups in total. The molecule has 0 atom stereocenters. The Bertz CT molecular complexity index is 834. The number of halogens is 2. The molecule has 1 saturated heterocycles. The molecule has 27 heavy (non-hydrogen) atoms. The quantitative estimate of drug-likeness (QED) is 0.520. The third-order valence-electron chi connectivity index (χ3n) is 5.06. The predicted octanol–water partition coefficient (Wildman–Crippen LogP) is 6.01. The van der Waals surface area contributed by atoms with Crippen molar-refractivity contribution in [2.24, 2.45) is 0 Å². The highest BCUT2D eigenvalue weighted by atomic mass is 35.5. The first-order chi connectivity index (χ1) is 13.2. The van der Waals surface area contributed by atoms with Crippen molar-refractivity contribution in [1.29, 1.82) is 0 Å². The van der Waals surface area contributed by atoms with Gasteiger partial charge in [-0.05, 0) is 28.8 Å². The van der Waals surface area contributed by atoms with E-state index in [1.54, 1.807) is 0 Å². The molecule has 0 aliphatic carbocycles. The van der Waals surface area contributed by atoms with Gasteiger partial charge < -0.3 is 0 Å². The Morgan fingerprint density at radius 2 is 1.19 bits per heavy atom. The molecule has 0 saturated carbocycles. The SMILES string of the molecule is Clc1ccc(C2N(Cc3ccccc3)CCN2Cc2ccccc2)cc1Cl. The molecular formula is C23H22Cl2N2. The molecule has 138 valence electrons. The Morgan fingerprint density at radius 3 is 1.67 bits per heavy atom. The summed E-state index contributed by atoms with van der Waals surface area (Å²) in [7, 11) is 0. The molecular weight excluding hydrogens is 375 g/mol. The minimum atomic E-state index is 0.181. The van der Waals surface area contributed by atoms with Gasteiger partial charge in [-0.2, -0.15) is 0 Å². The molecule has 0 unspecified atom stereocenters. The number of rotatable bonds is 5. The van der Waals surface area contributed by atoms with Crippen molar-refractivity contribution in [3.8, 4) is 0 Å². The van der Waals surface area contributed by atoms with Gasteiger partial charge in [-0.15, -0.1) is 0 Å². The first-order valence-electron chi connectivity index (χ1n) is 9.21. The molecule has 0 amide bonds. The highest BCUT2D eigenvalue weighted by Gasteiger charge is 2.33. The molecule has 1 aliphatic heterocycles. The summed E-state index contributed by atoms with van der Waals surface area (Å²) in [4.78, 5) is 5.02. The van der Waals surface area contributed by atoms with E-state index in [4.69, 9.17) is 23.2 Å². The molecule has 0 aromatic heterocycles. The van der Waals surface area contributed by atoms with Crippen molar-refractivity contribution < 1.29 is 0 Å². The van der Waals surface area contributed by atoms with Crippen LogP contribution in [0.5, 0.6) is 0 Å². The lowest BCUT2D eigenvalue weighted by atomic mass is 10.1. The number of benzene rings is 3. The van der Waals surface area contributed by atoms with Gasteiger partial charge in [0, 0.05) is 26.2 Å². The zero-order valence-electron chi connectivity index (χ0n) is 15.1. The Morgan fingerprint density at radius 1 is 0.667 bits per heavy atom. The van der Waals surface area contributed by atoms with Gasteiger partial charge in [-0.1, -0.05) is 89.9 Å². The average molecular weight is 397 g/mol. The first-order valence-corrected chi connectivity index (χ1v) is 9.97. The molecule has 2 nitrogen and oxygen atoms in total. The van der Waals surface area contributed by atoms with Gasteiger partial charge >= 0.3 is 0 Å². The lowest BCUT2D eigenvalue weighted by Crippen LogP contribution is -2.30. The summed E-state index contributed by atoms with van der Waals surface area (Å²) in [6.45, 7) is 3.87. The Kier molecular flexibility index (Phi) is 5.80. The third-order valence-corrected chi connectivity index (χ3v) is 5.80. The number of hydrogen-bond acceptors (Lipinski definition) is 2. The summed E-state index contributed by atoms with van der Waals surface area (Å²) >= 11 is 12.5. The minimum absolute atomic E-state index is 0.181. The van der Waals surface area contributed by atoms with E-state index >= 15 is 0 Å². The van der Waals surface area contributed by atoms with Crippen molar-refractivity contribution in [1.82, 2.24) is 9.80 Å². The van der Waals surface area contributed by atoms with E-state index in [0.29, 0.717) is 10.0 Å². The van der Waals surface area contributed by atoms with Gasteiger partial charge in [-0.25, -0.2) is 0 Å². The first kappa shape index (κ1) is 18.5. The van der Waals surface area contributed by atoms with E-state index < -0.39 is 0 Å². The van der Waals surface area contributed by atoms with Gasteiger partial charge in [0.2, 0.25) is 0 Å². The van der Waals surface area contributed by atoms with Gasteiger partial charge in [0.15, 0.2) is 0 Å². The van der Waals surface area contributed by atoms with Crippen LogP contribution in [0.4, 0.5) is 0 Å². The molecule has 0 bridgehead atoms. The van der Waals surface area contributed by atoms with E-state index in [9.17, 15) is 0 Å². The lowest BCUT2D eigenvalue weighted by molar-refractivity contribution is 0.126. The van der Waals surface area contributed by atoms with Crippen LogP contribution in [0.3, 0.4) is 0 Å². The fourth-order valence-electron chi connectivity index (χ4n) is 3.79. The normalized spacial score (nSPS) is 16.1. The largest absolute Gasteiger partial charge is 0.279 e. The van der Waals surface area contributed by atoms with Crippen molar-refractivity contribution in [3.05, 3.63) is 106 Å². The molecule has 3 aromatic rings. The van der Waals surface area contributed by atoms with Gasteiger partial charge in [0.1, 0.15) is 0 Å². The maximum Gasteiger partial charge on any atom is 0.0893 e. The second-order valence-electron chi connectivity index (χ2n) is 6.96. The summed E-state index contributed by atoms with van der Waals surface area (Å²) in [5.74, 6) is 0. The Balaban J connectivity index is 1.63. The zero-order valence-corrected chi connectivity index (χ0v) is 16.6. The fraction of sp³-hybridized carbons (Fsp3) is 0.217. The minimum Gasteiger partial charge on any atom is -0.279 e. The molecule has 4 heteroatoms. The van der Waals surface area contributed by atoms with Crippen LogP contribution in [0.25, 0.3) is 0 Å². The monoisotopic (exact) mass is 396 g/mol. The second kappa shape index (κ2) is 8.45. The van der Waals surface area contributed by atoms with Crippen LogP contribution in [0.2, 0.25) is 10.0 Å². The highest BCUT2D eigenvalue weighted by Crippen LogP contribution is 2.35. The summed E-state index contributed by atoms with van der Waals surface area (Å²) in [5.41, 5.74) is 3.84. The van der Waals surface area contributed by atoms with Crippen molar-refractivity contribution in [2.45, 2.75) is 19.3 Å². The smallest absolute Gasteiger partial charge is 0.0893 e. The molecule has 1 fully saturated rings. The third kappa shape index (κ3) is 4.36. The lowest BCUT2D eigenvalue weighted by Gasteiger charge is -2.31. The van der Waals surface area contributed by atoms with Crippen LogP contribution < -0.4 is 0 Å². The van der Waals surface area contributed by atoms with Gasteiger partial charge in [-0.3, -0.25) is 9.80 Å². The van der Waals surface area contributed by atoms with Crippen LogP contribution in [0.1, 0.15) is 22.9 Å². The summed E-state index contributed by atoms with van der Waals surface area (Å²) < 4.78 is 0. The number of hydrogen-bond donors (Lipinski definition) is 0. The molecule has 0 radical (unpaired) electrons. The maximum absolute atomic E-state index is 6.34. The van der Waals surface area contributed by atoms with E-state index in [2.05, 4.69) is 76.5 Å². The van der Waals surface area contributed by atoms with E-state index in [1.165, 1.54) is 16.7 Å². The van der Waals surface area contributed by atoms with Crippen LogP contribution in [0.15, 0.2) is 78.9 Å². The van der Waals surface area contributed by atoms with E-state index in [1.807, 2.05) is 12.1 Å². The van der Waals surface area contributed by atoms with Gasteiger partial charge in [0.25, 0.3) is 0 Å². The maximum atomic E-state index is 6.34. The molecule has 1 heterocycles. The van der Waals surface area contributed by atoms with E-state index in [0.717, 1.165) is 26.2 Å². The molecule has 1 aliphatic rings. The van der Waals surface area contributed by atoms with Crippen LogP contribution in [-0.4, -0.2) is 22.9 Å². The fourth-order valence-corrected chi connectivity index (χ4v) is 4.10. The van der Waals surface area contributed by atoms with E-state index in [-0.39, 0.29) is 6.17 Å². The average Bonchev–Trinajstić information content (AvgIpc) is 3.08. The van der Waals surface area contributed by atoms with Crippen molar-refractivity contribution >= 4 is 23.2 Å². The van der Waals surface area contributed by atoms with Crippen LogP contribution in [-0.2, 0) is 13.1 Å². The Hall–Kier alpha value is -1.84. The molecule has 0 spiro atoms. The highest BCUT2D eigenvalue weighted by molar-refractivity contribution is 6.42. The van der Waals surface area contributed by atoms with Crippen LogP contribution in [0, 0.1) is 0 Å². The topological polar surface area (TPSA) is 6.48 Å². The standard InChI is InChI=1S/C23H22Cl2N2/c24-21-12-11-20(15-22(21)25)23-26(16-18-7-3-1-4-8-18)13-14-27(23)17-19-9-5-2-6-10-19/h1-12,15,23H,13-14,16-17H2. The zero-order chi connectivity index (χ0) is 18.6. The van der Waals surface area contributed by atoms with Crippen molar-refractivity contribution in [2.75, 3.05) is 13.1 Å². The van der Waals surface area contributed by atoms with Crippen molar-refractivity contribution in [3.63, 3.8) is 0 Å². The predicted molar refractivity (Wildman–Crippen MR) is 113 cm³/mol. The summed E-state index contributed by atoms with van der Waals surface area (Å²) in [6, 6.07) is 27.3.